The molecule has 12 heteroatoms. The topological polar surface area (TPSA) is 129 Å². The molecule has 0 bridgehead atoms. The molecule has 2 aromatic rings. The predicted octanol–water partition coefficient (Wildman–Crippen LogP) is 2.72. The number of amides is 4. The SMILES string of the molecule is CC(C)[C@@H]1COc2ccc(Cl)cc2C(=O)NCCOc2ccccc2C(=O)N[C@H](C(=O)N2CCCN(C)CC2)CCC(=O)N1. The van der Waals surface area contributed by atoms with E-state index in [0.717, 1.165) is 19.5 Å². The summed E-state index contributed by atoms with van der Waals surface area (Å²) in [4.78, 5) is 57.5. The first-order valence-corrected chi connectivity index (χ1v) is 15.5. The van der Waals surface area contributed by atoms with Crippen molar-refractivity contribution in [1.29, 1.82) is 0 Å². The molecule has 1 fully saturated rings. The molecular formula is C32H42ClN5O6. The zero-order valence-corrected chi connectivity index (χ0v) is 26.3. The molecule has 2 aromatic carbocycles. The number of fused-ring (bicyclic) bond motifs is 2. The molecular weight excluding hydrogens is 586 g/mol. The fourth-order valence-electron chi connectivity index (χ4n) is 5.12. The van der Waals surface area contributed by atoms with Gasteiger partial charge in [-0.2, -0.15) is 0 Å². The minimum Gasteiger partial charge on any atom is -0.491 e. The lowest BCUT2D eigenvalue weighted by atomic mass is 10.0. The second-order valence-corrected chi connectivity index (χ2v) is 12.0. The van der Waals surface area contributed by atoms with E-state index in [1.165, 1.54) is 6.07 Å². The number of para-hydroxylation sites is 1. The molecule has 4 rings (SSSR count). The van der Waals surface area contributed by atoms with E-state index in [0.29, 0.717) is 29.6 Å². The van der Waals surface area contributed by atoms with Crippen LogP contribution in [0.5, 0.6) is 11.5 Å². The maximum atomic E-state index is 13.7. The number of nitrogens with zero attached hydrogens (tertiary/aromatic N) is 2. The fourth-order valence-corrected chi connectivity index (χ4v) is 5.29. The van der Waals surface area contributed by atoms with Gasteiger partial charge in [-0.15, -0.1) is 0 Å². The maximum absolute atomic E-state index is 13.7. The molecule has 0 unspecified atom stereocenters. The zero-order chi connectivity index (χ0) is 31.6. The number of carbonyl (C=O) groups excluding carboxylic acids is 4. The van der Waals surface area contributed by atoms with Gasteiger partial charge in [0.2, 0.25) is 11.8 Å². The van der Waals surface area contributed by atoms with Crippen molar-refractivity contribution in [3.8, 4) is 11.5 Å². The number of likely N-dealkylation sites (N-methyl/N-ethyl adjacent to an activating group) is 1. The fraction of sp³-hybridized carbons (Fsp3) is 0.500. The summed E-state index contributed by atoms with van der Waals surface area (Å²) < 4.78 is 11.9. The van der Waals surface area contributed by atoms with E-state index in [1.807, 2.05) is 20.9 Å². The van der Waals surface area contributed by atoms with Gasteiger partial charge >= 0.3 is 0 Å². The van der Waals surface area contributed by atoms with Gasteiger partial charge in [-0.05, 0) is 62.7 Å². The van der Waals surface area contributed by atoms with Gasteiger partial charge in [-0.1, -0.05) is 37.6 Å². The van der Waals surface area contributed by atoms with Gasteiger partial charge in [0, 0.05) is 31.1 Å². The van der Waals surface area contributed by atoms with E-state index in [1.54, 1.807) is 41.3 Å². The van der Waals surface area contributed by atoms with Gasteiger partial charge < -0.3 is 35.2 Å². The molecule has 44 heavy (non-hydrogen) atoms. The Morgan fingerprint density at radius 1 is 0.932 bits per heavy atom. The van der Waals surface area contributed by atoms with Crippen LogP contribution in [0.1, 0.15) is 53.8 Å². The Kier molecular flexibility index (Phi) is 11.8. The van der Waals surface area contributed by atoms with E-state index in [4.69, 9.17) is 21.1 Å². The van der Waals surface area contributed by atoms with Gasteiger partial charge in [0.1, 0.15) is 30.8 Å². The Balaban J connectivity index is 1.60. The summed E-state index contributed by atoms with van der Waals surface area (Å²) in [6.07, 6.45) is 0.958. The van der Waals surface area contributed by atoms with Crippen LogP contribution in [0.3, 0.4) is 0 Å². The van der Waals surface area contributed by atoms with Crippen molar-refractivity contribution >= 4 is 35.2 Å². The predicted molar refractivity (Wildman–Crippen MR) is 167 cm³/mol. The standard InChI is InChI=1S/C32H42ClN5O6/c1-21(2)26-20-44-28-11-9-22(33)19-24(28)30(40)34-13-18-43-27-8-5-4-7-23(27)31(41)36-25(10-12-29(39)35-26)32(42)38-15-6-14-37(3)16-17-38/h4-5,7-9,11,19,21,25-26H,6,10,12-18,20H2,1-3H3,(H,34,40)(H,35,39)(H,36,41)/t25-,26-/m0/s1. The van der Waals surface area contributed by atoms with E-state index < -0.39 is 17.9 Å². The minimum atomic E-state index is -0.906. The number of hydrogen-bond donors (Lipinski definition) is 3. The monoisotopic (exact) mass is 627 g/mol. The number of nitrogens with one attached hydrogen (secondary N) is 3. The first-order chi connectivity index (χ1) is 21.1. The quantitative estimate of drug-likeness (QED) is 0.467. The largest absolute Gasteiger partial charge is 0.491 e. The molecule has 2 aliphatic rings. The summed E-state index contributed by atoms with van der Waals surface area (Å²) >= 11 is 6.19. The third-order valence-corrected chi connectivity index (χ3v) is 8.06. The Morgan fingerprint density at radius 3 is 2.50 bits per heavy atom. The van der Waals surface area contributed by atoms with Crippen LogP contribution in [0.25, 0.3) is 0 Å². The van der Waals surface area contributed by atoms with Gasteiger partial charge in [0.05, 0.1) is 23.7 Å². The summed E-state index contributed by atoms with van der Waals surface area (Å²) in [5.41, 5.74) is 0.505. The molecule has 2 heterocycles. The average Bonchev–Trinajstić information content (AvgIpc) is 3.23. The van der Waals surface area contributed by atoms with Gasteiger partial charge in [-0.25, -0.2) is 0 Å². The van der Waals surface area contributed by atoms with Crippen LogP contribution in [0, 0.1) is 5.92 Å². The number of halogens is 1. The Bertz CT molecular complexity index is 1340. The first kappa shape index (κ1) is 33.1. The lowest BCUT2D eigenvalue weighted by molar-refractivity contribution is -0.133. The van der Waals surface area contributed by atoms with Crippen molar-refractivity contribution in [3.05, 3.63) is 58.6 Å². The number of hydrogen-bond acceptors (Lipinski definition) is 7. The van der Waals surface area contributed by atoms with Crippen LogP contribution in [-0.2, 0) is 9.59 Å². The number of carbonyl (C=O) groups is 4. The van der Waals surface area contributed by atoms with Crippen molar-refractivity contribution < 1.29 is 28.7 Å². The summed E-state index contributed by atoms with van der Waals surface area (Å²) in [7, 11) is 2.02. The molecule has 1 saturated heterocycles. The first-order valence-electron chi connectivity index (χ1n) is 15.1. The van der Waals surface area contributed by atoms with Crippen molar-refractivity contribution in [2.45, 2.75) is 45.2 Å². The average molecular weight is 628 g/mol. The highest BCUT2D eigenvalue weighted by molar-refractivity contribution is 6.31. The smallest absolute Gasteiger partial charge is 0.255 e. The molecule has 0 saturated carbocycles. The lowest BCUT2D eigenvalue weighted by Gasteiger charge is -2.27. The van der Waals surface area contributed by atoms with Crippen molar-refractivity contribution in [3.63, 3.8) is 0 Å². The Hall–Kier alpha value is -3.83. The molecule has 0 spiro atoms. The van der Waals surface area contributed by atoms with Crippen molar-refractivity contribution in [2.75, 3.05) is 53.0 Å². The summed E-state index contributed by atoms with van der Waals surface area (Å²) in [5, 5.41) is 9.08. The molecule has 4 amide bonds. The zero-order valence-electron chi connectivity index (χ0n) is 25.6. The van der Waals surface area contributed by atoms with E-state index in [-0.39, 0.29) is 67.5 Å². The van der Waals surface area contributed by atoms with Crippen LogP contribution in [0.4, 0.5) is 0 Å². The molecule has 0 radical (unpaired) electrons. The van der Waals surface area contributed by atoms with Crippen molar-refractivity contribution in [1.82, 2.24) is 25.8 Å². The number of benzene rings is 2. The minimum absolute atomic E-state index is 0.0116. The highest BCUT2D eigenvalue weighted by atomic mass is 35.5. The molecule has 2 atom stereocenters. The Morgan fingerprint density at radius 2 is 1.70 bits per heavy atom. The van der Waals surface area contributed by atoms with E-state index in [2.05, 4.69) is 20.9 Å². The highest BCUT2D eigenvalue weighted by Gasteiger charge is 2.29. The normalized spacial score (nSPS) is 21.5. The lowest BCUT2D eigenvalue weighted by Crippen LogP contribution is -2.50. The summed E-state index contributed by atoms with van der Waals surface area (Å²) in [6, 6.07) is 10.2. The number of rotatable bonds is 2. The van der Waals surface area contributed by atoms with Crippen LogP contribution in [0.2, 0.25) is 5.02 Å². The van der Waals surface area contributed by atoms with E-state index in [9.17, 15) is 19.2 Å². The van der Waals surface area contributed by atoms with Crippen LogP contribution >= 0.6 is 11.6 Å². The second kappa shape index (κ2) is 15.8. The molecule has 0 aliphatic carbocycles. The Labute approximate surface area is 263 Å². The molecule has 2 aliphatic heterocycles. The van der Waals surface area contributed by atoms with Crippen LogP contribution in [-0.4, -0.2) is 98.5 Å². The van der Waals surface area contributed by atoms with Gasteiger partial charge in [-0.3, -0.25) is 19.2 Å². The van der Waals surface area contributed by atoms with Crippen LogP contribution < -0.4 is 25.4 Å². The van der Waals surface area contributed by atoms with Crippen molar-refractivity contribution in [2.24, 2.45) is 5.92 Å². The third kappa shape index (κ3) is 9.09. The molecule has 238 valence electrons. The summed E-state index contributed by atoms with van der Waals surface area (Å²) in [6.45, 7) is 6.99. The second-order valence-electron chi connectivity index (χ2n) is 11.5. The summed E-state index contributed by atoms with van der Waals surface area (Å²) in [5.74, 6) is -0.717. The van der Waals surface area contributed by atoms with E-state index >= 15 is 0 Å². The number of ether oxygens (including phenoxy) is 2. The maximum Gasteiger partial charge on any atom is 0.255 e. The van der Waals surface area contributed by atoms with Crippen LogP contribution in [0.15, 0.2) is 42.5 Å². The molecule has 11 nitrogen and oxygen atoms in total. The third-order valence-electron chi connectivity index (χ3n) is 7.83. The van der Waals surface area contributed by atoms with Gasteiger partial charge in [0.15, 0.2) is 0 Å². The molecule has 3 N–H and O–H groups in total. The molecule has 0 aromatic heterocycles. The highest BCUT2D eigenvalue weighted by Crippen LogP contribution is 2.24. The van der Waals surface area contributed by atoms with Gasteiger partial charge in [0.25, 0.3) is 11.8 Å².